The molecule has 5 fully saturated rings. The quantitative estimate of drug-likeness (QED) is 0.0126. The molecule has 5 aliphatic heterocycles. The second kappa shape index (κ2) is 36.9. The Morgan fingerprint density at radius 2 is 1.15 bits per heavy atom. The Balaban J connectivity index is 0.821. The van der Waals surface area contributed by atoms with Gasteiger partial charge in [0.25, 0.3) is 16.7 Å². The Bertz CT molecular complexity index is 4910. The van der Waals surface area contributed by atoms with Crippen LogP contribution in [0.3, 0.4) is 0 Å². The molecule has 0 radical (unpaired) electrons. The van der Waals surface area contributed by atoms with E-state index < -0.39 is 185 Å². The summed E-state index contributed by atoms with van der Waals surface area (Å²) in [4.78, 5) is 142. The minimum absolute atomic E-state index is 0.0179. The number of nitrogens with one attached hydrogen (secondary N) is 3. The maximum absolute atomic E-state index is 14.9. The van der Waals surface area contributed by atoms with E-state index in [2.05, 4.69) is 50.8 Å². The molecular formula is C57H78BrN16O28P4S4-3. The standard InChI is InChI=1S/C57H81BrN16O28P4S4/c1-27(2)29-15-41(70-8-5-39(60)64-54(70)79)94-35(29)22-93-106(110,89-14-13-88-12-11-87-10-7-59)101-33-18-43(72-19-28(3)49(76)68-56(72)81)96-38(33)25-91-104(84,108)100-32-17-44(74-26-63-45-48(74)66-53(62)67-51(45)78)97-37(32)23-90-103(83,107)99-31-16-42(71-9-6-40(61)65-55(71)80)95-36(31)24-92-105(85,109)102-46-34(21-75)98-52(47(46)86-4)73-20-30(58)50(77)69-57(73)82/h5-6,8-9,19-20,26-27,29,31-38,41-44,46-47,52,75H,7,10-18,21-25,59H2,1-4H3,(H,83,107)(H,84,108)(H,85,109)(H2,60,64,79)(H2,61,65,80)(H,68,76,81)(H,69,77,82)(H3,62,66,67,78)/p-3/t29-,31+,32+,33+,34+,35+,36+,37+,38+,41+,42+,43+,44+,46-,47?,52+,103?,104?,105?,106?/m0/s1. The number of H-pyrrole nitrogens is 3. The van der Waals surface area contributed by atoms with E-state index in [1.54, 1.807) is 0 Å². The highest BCUT2D eigenvalue weighted by Crippen LogP contribution is 2.57. The van der Waals surface area contributed by atoms with Crippen LogP contribution in [0, 0.1) is 18.8 Å². The van der Waals surface area contributed by atoms with Gasteiger partial charge in [0, 0.05) is 63.3 Å². The van der Waals surface area contributed by atoms with Gasteiger partial charge in [0.2, 0.25) is 5.95 Å². The summed E-state index contributed by atoms with van der Waals surface area (Å²) in [6, 6.07) is 2.74. The number of rotatable bonds is 37. The van der Waals surface area contributed by atoms with Crippen molar-refractivity contribution in [2.75, 3.05) is 96.9 Å². The third-order valence-electron chi connectivity index (χ3n) is 17.9. The molecule has 0 saturated carbocycles. The van der Waals surface area contributed by atoms with Crippen molar-refractivity contribution in [1.29, 1.82) is 0 Å². The third kappa shape index (κ3) is 21.2. The van der Waals surface area contributed by atoms with Crippen molar-refractivity contribution in [3.63, 3.8) is 0 Å². The Hall–Kier alpha value is -4.96. The third-order valence-corrected chi connectivity index (χ3v) is 25.5. The highest BCUT2D eigenvalue weighted by molar-refractivity contribution is 9.10. The molecule has 0 spiro atoms. The number of aryl methyl sites for hydroxylation is 1. The zero-order chi connectivity index (χ0) is 79.3. The minimum Gasteiger partial charge on any atom is -0.780 e. The second-order valence-corrected chi connectivity index (χ2v) is 37.6. The Morgan fingerprint density at radius 3 is 1.75 bits per heavy atom. The fourth-order valence-corrected chi connectivity index (χ4v) is 19.4. The number of anilines is 3. The molecule has 110 heavy (non-hydrogen) atoms. The molecule has 53 heteroatoms. The van der Waals surface area contributed by atoms with Gasteiger partial charge >= 0.3 is 29.5 Å². The number of aromatic amines is 3. The minimum atomic E-state index is -4.90. The molecule has 11 rings (SSSR count). The van der Waals surface area contributed by atoms with Crippen LogP contribution in [0.15, 0.2) is 81.3 Å². The first-order valence-electron chi connectivity index (χ1n) is 33.6. The molecule has 11 heterocycles. The molecular weight excluding hydrogens is 1690 g/mol. The van der Waals surface area contributed by atoms with E-state index in [0.29, 0.717) is 19.6 Å². The van der Waals surface area contributed by atoms with Crippen LogP contribution in [0.25, 0.3) is 11.2 Å². The number of aliphatic hydroxyl groups is 1. The highest BCUT2D eigenvalue weighted by Gasteiger charge is 2.50. The molecule has 44 nitrogen and oxygen atoms in total. The van der Waals surface area contributed by atoms with Crippen LogP contribution in [0.2, 0.25) is 0 Å². The Labute approximate surface area is 650 Å². The monoisotopic (exact) mass is 1770 g/mol. The average Bonchev–Trinajstić information content (AvgIpc) is 1.63. The van der Waals surface area contributed by atoms with Crippen molar-refractivity contribution in [2.24, 2.45) is 17.6 Å². The molecule has 0 amide bonds. The smallest absolute Gasteiger partial charge is 0.351 e. The number of aliphatic hydroxyl groups excluding tert-OH is 1. The van der Waals surface area contributed by atoms with Crippen LogP contribution >= 0.6 is 42.9 Å². The van der Waals surface area contributed by atoms with Crippen molar-refractivity contribution < 1.29 is 98.1 Å². The summed E-state index contributed by atoms with van der Waals surface area (Å²) >= 11 is 25.6. The summed E-state index contributed by atoms with van der Waals surface area (Å²) in [6.45, 7) is -15.9. The zero-order valence-electron chi connectivity index (χ0n) is 58.6. The maximum atomic E-state index is 14.9. The van der Waals surface area contributed by atoms with E-state index in [-0.39, 0.29) is 103 Å². The fourth-order valence-electron chi connectivity index (χ4n) is 12.6. The highest BCUT2D eigenvalue weighted by atomic mass is 79.9. The fraction of sp³-hybridized carbons (Fsp3) is 0.632. The van der Waals surface area contributed by atoms with Crippen molar-refractivity contribution >= 4 is 119 Å². The number of hydrogen-bond donors (Lipinski definition) is 8. The normalized spacial score (nSPS) is 28.6. The lowest BCUT2D eigenvalue weighted by Crippen LogP contribution is -2.40. The van der Waals surface area contributed by atoms with Crippen LogP contribution < -0.4 is 72.2 Å². The summed E-state index contributed by atoms with van der Waals surface area (Å²) in [5.74, 6) is -0.683. The van der Waals surface area contributed by atoms with Crippen molar-refractivity contribution in [3.05, 3.63) is 126 Å². The van der Waals surface area contributed by atoms with Gasteiger partial charge in [-0.25, -0.2) is 24.2 Å². The molecule has 6 aromatic rings. The summed E-state index contributed by atoms with van der Waals surface area (Å²) in [7, 11) is 1.19. The molecule has 5 unspecified atom stereocenters. The van der Waals surface area contributed by atoms with Crippen LogP contribution in [0.4, 0.5) is 17.6 Å². The van der Waals surface area contributed by atoms with Gasteiger partial charge in [0.1, 0.15) is 86.6 Å². The molecule has 608 valence electrons. The number of fused-ring (bicyclic) bond motifs is 1. The molecule has 6 aromatic heterocycles. The summed E-state index contributed by atoms with van der Waals surface area (Å²) < 4.78 is 123. The topological polar surface area (TPSA) is 587 Å². The number of methoxy groups -OCH3 is 1. The maximum Gasteiger partial charge on any atom is 0.351 e. The molecule has 0 aliphatic carbocycles. The van der Waals surface area contributed by atoms with E-state index in [0.717, 1.165) is 19.9 Å². The van der Waals surface area contributed by atoms with Gasteiger partial charge in [0.05, 0.1) is 101 Å². The van der Waals surface area contributed by atoms with Gasteiger partial charge in [-0.1, -0.05) is 37.5 Å². The van der Waals surface area contributed by atoms with Crippen molar-refractivity contribution in [3.8, 4) is 0 Å². The number of hydrogen-bond acceptors (Lipinski definition) is 40. The Morgan fingerprint density at radius 1 is 0.627 bits per heavy atom. The second-order valence-electron chi connectivity index (χ2n) is 25.6. The summed E-state index contributed by atoms with van der Waals surface area (Å²) in [6.07, 6.45) is -13.7. The number of ether oxygens (including phenoxy) is 8. The van der Waals surface area contributed by atoms with E-state index in [1.165, 1.54) is 60.2 Å². The molecule has 12 N–H and O–H groups in total. The number of imidazole rings is 1. The number of nitrogens with zero attached hydrogens (tertiary/aromatic N) is 9. The molecule has 0 aromatic carbocycles. The Kier molecular flexibility index (Phi) is 28.8. The van der Waals surface area contributed by atoms with Crippen molar-refractivity contribution in [2.45, 2.75) is 139 Å². The SMILES string of the molecule is COC1[C@@H](OP([O-])(=S)OC[C@H]2O[C@@H](n3ccc(N)nc3=O)C[C@H]2OP(=O)([S-])OC[C@H]2O[C@@H](n3cnc4c(=O)[nH]c(N)nc43)C[C@H]2OP([O-])(=S)OC[C@H]2O[C@@H](n3cc(C)c(=O)[nH]c3=O)C[C@H]2OP(=S)(OCCOCCOCCN)OC[C@H]2O[C@@H](n3ccc(N)nc3=O)C[C@H]2C(C)C)[C@@H](CO)O[C@H]1n1cc(Br)c(=O)[nH]c1=O. The van der Waals surface area contributed by atoms with Crippen molar-refractivity contribution in [1.82, 2.24) is 57.7 Å². The van der Waals surface area contributed by atoms with Gasteiger partial charge in [-0.15, -0.1) is 0 Å². The first-order valence-corrected chi connectivity index (χ1v) is 44.7. The zero-order valence-corrected chi connectivity index (χ0v) is 67.0. The van der Waals surface area contributed by atoms with Gasteiger partial charge < -0.3 is 129 Å². The molecule has 5 aliphatic rings. The number of aromatic nitrogens is 12. The number of halogens is 1. The summed E-state index contributed by atoms with van der Waals surface area (Å²) in [5, 5.41) is 10.4. The van der Waals surface area contributed by atoms with Crippen LogP contribution in [0.5, 0.6) is 0 Å². The van der Waals surface area contributed by atoms with E-state index in [4.69, 9.17) is 149 Å². The predicted octanol–water partition coefficient (Wildman–Crippen LogP) is -1.46. The molecule has 5 saturated heterocycles. The van der Waals surface area contributed by atoms with E-state index in [9.17, 15) is 53.0 Å². The lowest BCUT2D eigenvalue weighted by Gasteiger charge is -2.35. The molecule has 0 bridgehead atoms. The summed E-state index contributed by atoms with van der Waals surface area (Å²) in [5.41, 5.74) is 17.4. The van der Waals surface area contributed by atoms with Gasteiger partial charge in [-0.05, 0) is 65.0 Å². The molecule has 20 atom stereocenters. The lowest BCUT2D eigenvalue weighted by atomic mass is 9.89. The van der Waals surface area contributed by atoms with Gasteiger partial charge in [-0.3, -0.25) is 56.7 Å². The number of nitrogen functional groups attached to an aromatic ring is 3. The van der Waals surface area contributed by atoms with E-state index >= 15 is 0 Å². The van der Waals surface area contributed by atoms with Gasteiger partial charge in [-0.2, -0.15) is 15.0 Å². The van der Waals surface area contributed by atoms with Crippen LogP contribution in [-0.4, -0.2) is 204 Å². The first kappa shape index (κ1) is 85.9. The first-order chi connectivity index (χ1) is 52.1. The number of nitrogens with two attached hydrogens (primary N) is 4. The van der Waals surface area contributed by atoms with Crippen LogP contribution in [0.1, 0.15) is 76.2 Å². The lowest BCUT2D eigenvalue weighted by molar-refractivity contribution is -0.218. The van der Waals surface area contributed by atoms with Crippen LogP contribution in [-0.2, 0) is 131 Å². The predicted molar refractivity (Wildman–Crippen MR) is 395 cm³/mol. The van der Waals surface area contributed by atoms with Gasteiger partial charge in [0.15, 0.2) is 24.2 Å². The average molecular weight is 1770 g/mol. The largest absolute Gasteiger partial charge is 0.780 e. The van der Waals surface area contributed by atoms with E-state index in [1.807, 2.05) is 13.8 Å².